The average molecular weight is 1670 g/mol. The molecule has 10 bridgehead atoms. The molecular weight excluding hydrogens is 1550 g/mol. The van der Waals surface area contributed by atoms with Crippen LogP contribution in [0.15, 0.2) is 164 Å². The molecule has 13 unspecified atom stereocenters. The van der Waals surface area contributed by atoms with E-state index in [1.165, 1.54) is 96.6 Å². The van der Waals surface area contributed by atoms with Crippen molar-refractivity contribution in [3.63, 3.8) is 0 Å². The number of carbonyl (C=O) groups is 4. The van der Waals surface area contributed by atoms with E-state index in [0.29, 0.717) is 86.4 Å². The second kappa shape index (κ2) is 36.3. The van der Waals surface area contributed by atoms with E-state index >= 15 is 0 Å². The zero-order chi connectivity index (χ0) is 85.4. The minimum absolute atomic E-state index is 0.00100. The third-order valence-corrected chi connectivity index (χ3v) is 31.2. The lowest BCUT2D eigenvalue weighted by Gasteiger charge is -2.60. The maximum Gasteiger partial charge on any atom is 0.426 e. The predicted molar refractivity (Wildman–Crippen MR) is 460 cm³/mol. The number of aromatic hydroxyl groups is 1. The molecule has 20 rings (SSSR count). The lowest BCUT2D eigenvalue weighted by Crippen LogP contribution is -2.61. The first kappa shape index (κ1) is 88.9. The number of ether oxygens (including phenoxy) is 7. The summed E-state index contributed by atoms with van der Waals surface area (Å²) >= 11 is 0. The molecule has 12 aliphatic rings. The average Bonchev–Trinajstić information content (AvgIpc) is 1.02. The molecule has 4 heterocycles. The van der Waals surface area contributed by atoms with E-state index in [9.17, 15) is 45.3 Å². The van der Waals surface area contributed by atoms with Crippen molar-refractivity contribution in [2.75, 3.05) is 5.75 Å². The standard InChI is InChI=1S/C24H36O2.C20H29F3O7S.C18H13S.C14H14.C13H18O5.C10H14O/c1-5-16(4)19-6-8-22(9-7-19)25-24(15(2)3)26-23-20-11-17-10-18(13-20)14-21(23)12-17;1-4-17(2,3)15(24)30-19-8-12-5-13(9-19)7-18(6-12,11-19)16(25)29-14(20(21,22)23)10-31(26,27)28;1-2-8-14(9-3-1)19-17-12-6-4-10-15(17)16-11-5-7-13-18(16)19;1-9-10(2)13-8-4-6-11-5-3-7-12(9)14(11)13;1-4-13(2,3)12(15)18-9-7-5-6-8(16-7)10(9)17-11(6)14;1-3-8(2)9-4-6-10(11)7-5-9/h6-9,15-18,20-21,23-24H,5,10-14H2,1-4H3;12-14H,4-11H2,1-3H3,(H,26,27,28);1-13H;3-10H,1-2H3;6-10H,4-5H2,1-3H3;4-8,11H,3H2,1-2H3/q;;+1;;;/p-1. The van der Waals surface area contributed by atoms with Gasteiger partial charge in [0, 0.05) is 33.6 Å². The van der Waals surface area contributed by atoms with E-state index in [1.54, 1.807) is 26.0 Å². The highest BCUT2D eigenvalue weighted by Gasteiger charge is 2.66. The summed E-state index contributed by atoms with van der Waals surface area (Å²) in [5, 5.41) is 14.7. The minimum atomic E-state index is -5.27. The molecule has 1 N–H and O–H groups in total. The molecule has 8 aromatic rings. The summed E-state index contributed by atoms with van der Waals surface area (Å²) in [7, 11) is -5.21. The molecular formula is C99H123F3O15S2. The van der Waals surface area contributed by atoms with Gasteiger partial charge in [-0.15, -0.1) is 0 Å². The van der Waals surface area contributed by atoms with Crippen LogP contribution in [-0.4, -0.2) is 102 Å². The van der Waals surface area contributed by atoms with Crippen LogP contribution in [0.5, 0.6) is 11.5 Å². The molecule has 0 radical (unpaired) electrons. The SMILES string of the molecule is CC1c2cccc3cccc(c23)C1C.CCC(C)(C)C(=O)OC12CC3CC(C1)CC(C(=O)OC(CS(=O)(=O)[O-])C(F)(F)F)(C3)C2.CCC(C)(C)C(=O)OC1C2CC3C(=O)OC1C3O2.CCC(C)c1ccc(O)cc1.CCC(C)c1ccc(OC(OC2C3CC4CC(C3)CC2C4)C(C)C)cc1.c1ccc(-[s+]2c3ccccc3c3ccccc32)cc1. The van der Waals surface area contributed by atoms with Crippen LogP contribution in [0.25, 0.3) is 35.8 Å². The normalized spacial score (nSPS) is 28.5. The van der Waals surface area contributed by atoms with Gasteiger partial charge in [-0.1, -0.05) is 172 Å². The summed E-state index contributed by atoms with van der Waals surface area (Å²) in [4.78, 5) is 50.7. The number of carbonyl (C=O) groups excluding carboxylic acids is 4. The van der Waals surface area contributed by atoms with Crippen molar-refractivity contribution in [3.8, 4) is 16.4 Å². The summed E-state index contributed by atoms with van der Waals surface area (Å²) in [6, 6.07) is 57.8. The van der Waals surface area contributed by atoms with Crippen LogP contribution >= 0.6 is 10.5 Å². The van der Waals surface area contributed by atoms with Gasteiger partial charge in [0.15, 0.2) is 26.5 Å². The Balaban J connectivity index is 0.000000127. The van der Waals surface area contributed by atoms with Crippen molar-refractivity contribution < 1.29 is 83.6 Å². The number of fused-ring (bicyclic) bond motifs is 4. The van der Waals surface area contributed by atoms with Crippen LogP contribution in [0.4, 0.5) is 13.2 Å². The van der Waals surface area contributed by atoms with Gasteiger partial charge in [-0.3, -0.25) is 19.2 Å². The van der Waals surface area contributed by atoms with Gasteiger partial charge in [-0.25, -0.2) is 8.42 Å². The second-order valence-corrected chi connectivity index (χ2v) is 41.1. The van der Waals surface area contributed by atoms with E-state index in [0.717, 1.165) is 42.3 Å². The molecule has 119 heavy (non-hydrogen) atoms. The number of benzene rings is 7. The molecule has 642 valence electrons. The molecule has 15 nitrogen and oxygen atoms in total. The van der Waals surface area contributed by atoms with Crippen LogP contribution in [0.1, 0.15) is 246 Å². The van der Waals surface area contributed by atoms with E-state index in [4.69, 9.17) is 33.5 Å². The zero-order valence-corrected chi connectivity index (χ0v) is 73.3. The summed E-state index contributed by atoms with van der Waals surface area (Å²) < 4.78 is 115. The predicted octanol–water partition coefficient (Wildman–Crippen LogP) is 23.5. The first-order chi connectivity index (χ1) is 56.4. The smallest absolute Gasteiger partial charge is 0.426 e. The monoisotopic (exact) mass is 1670 g/mol. The topological polar surface area (TPSA) is 210 Å². The van der Waals surface area contributed by atoms with Crippen LogP contribution in [0.2, 0.25) is 0 Å². The zero-order valence-electron chi connectivity index (χ0n) is 71.7. The Bertz CT molecular complexity index is 4840. The van der Waals surface area contributed by atoms with E-state index in [2.05, 4.69) is 200 Å². The Morgan fingerprint density at radius 2 is 1.11 bits per heavy atom. The number of esters is 4. The quantitative estimate of drug-likeness (QED) is 0.0247. The highest BCUT2D eigenvalue weighted by molar-refractivity contribution is 7.85. The molecule has 7 aromatic carbocycles. The Morgan fingerprint density at radius 1 is 0.605 bits per heavy atom. The van der Waals surface area contributed by atoms with Crippen LogP contribution in [-0.2, 0) is 57.7 Å². The van der Waals surface area contributed by atoms with Crippen molar-refractivity contribution in [1.29, 1.82) is 0 Å². The molecule has 20 heteroatoms. The van der Waals surface area contributed by atoms with Crippen LogP contribution in [0.3, 0.4) is 0 Å². The molecule has 1 aromatic heterocycles. The van der Waals surface area contributed by atoms with Crippen molar-refractivity contribution in [2.24, 2.45) is 63.6 Å². The minimum Gasteiger partial charge on any atom is -0.748 e. The van der Waals surface area contributed by atoms with Gasteiger partial charge in [0.05, 0.1) is 50.2 Å². The van der Waals surface area contributed by atoms with Gasteiger partial charge in [-0.2, -0.15) is 13.2 Å². The first-order valence-corrected chi connectivity index (χ1v) is 46.5. The number of phenolic OH excluding ortho intramolecular Hbond substituents is 1. The Kier molecular flexibility index (Phi) is 27.1. The van der Waals surface area contributed by atoms with Gasteiger partial charge in [-0.05, 0) is 277 Å². The molecule has 9 aliphatic carbocycles. The van der Waals surface area contributed by atoms with Gasteiger partial charge >= 0.3 is 30.1 Å². The first-order valence-electron chi connectivity index (χ1n) is 43.7. The molecule has 11 fully saturated rings. The summed E-state index contributed by atoms with van der Waals surface area (Å²) in [6.07, 6.45) is 4.67. The lowest BCUT2D eigenvalue weighted by molar-refractivity contribution is -0.239. The highest BCUT2D eigenvalue weighted by Crippen LogP contribution is 2.64. The number of halogens is 3. The van der Waals surface area contributed by atoms with E-state index < -0.39 is 74.1 Å². The summed E-state index contributed by atoms with van der Waals surface area (Å²) in [5.74, 6) is 3.71. The van der Waals surface area contributed by atoms with Crippen LogP contribution < -0.4 is 4.74 Å². The molecule has 0 amide bonds. The van der Waals surface area contributed by atoms with Crippen molar-refractivity contribution in [1.82, 2.24) is 0 Å². The fraction of sp³-hybridized carbons (Fsp3) is 0.556. The van der Waals surface area contributed by atoms with Gasteiger partial charge < -0.3 is 42.8 Å². The number of phenols is 1. The number of thiophene rings is 1. The summed E-state index contributed by atoms with van der Waals surface area (Å²) in [5.41, 5.74) is 2.29. The lowest BCUT2D eigenvalue weighted by atomic mass is 9.48. The number of rotatable bonds is 20. The fourth-order valence-electron chi connectivity index (χ4n) is 20.7. The Hall–Kier alpha value is -7.88. The summed E-state index contributed by atoms with van der Waals surface area (Å²) in [6.45, 7) is 29.0. The fourth-order valence-corrected chi connectivity index (χ4v) is 23.7. The third-order valence-electron chi connectivity index (χ3n) is 28.2. The highest BCUT2D eigenvalue weighted by atomic mass is 32.2. The molecule has 0 spiro atoms. The number of hydrogen-bond donors (Lipinski definition) is 1. The Labute approximate surface area is 704 Å². The Morgan fingerprint density at radius 3 is 1.61 bits per heavy atom. The van der Waals surface area contributed by atoms with Crippen molar-refractivity contribution in [3.05, 3.63) is 186 Å². The van der Waals surface area contributed by atoms with Crippen LogP contribution in [0, 0.1) is 63.6 Å². The molecule has 3 aliphatic heterocycles. The van der Waals surface area contributed by atoms with E-state index in [-0.39, 0.29) is 65.1 Å². The third kappa shape index (κ3) is 19.6. The number of alkyl halides is 3. The maximum atomic E-state index is 13.3. The maximum absolute atomic E-state index is 13.3. The largest absolute Gasteiger partial charge is 0.748 e. The van der Waals surface area contributed by atoms with Gasteiger partial charge in [0.1, 0.15) is 23.2 Å². The van der Waals surface area contributed by atoms with Crippen molar-refractivity contribution >= 4 is 75.4 Å². The van der Waals surface area contributed by atoms with Crippen molar-refractivity contribution in [2.45, 2.75) is 278 Å². The van der Waals surface area contributed by atoms with Gasteiger partial charge in [0.2, 0.25) is 12.4 Å². The number of hydrogen-bond acceptors (Lipinski definition) is 15. The van der Waals surface area contributed by atoms with Gasteiger partial charge in [0.25, 0.3) is 0 Å². The molecule has 8 saturated carbocycles. The van der Waals surface area contributed by atoms with E-state index in [1.807, 2.05) is 39.8 Å². The second-order valence-electron chi connectivity index (χ2n) is 37.7. The molecule has 3 saturated heterocycles. The molecule has 13 atom stereocenters.